The summed E-state index contributed by atoms with van der Waals surface area (Å²) in [6.07, 6.45) is 1.44. The first kappa shape index (κ1) is 13.0. The first-order valence-corrected chi connectivity index (χ1v) is 5.25. The van der Waals surface area contributed by atoms with E-state index in [0.29, 0.717) is 24.3 Å². The van der Waals surface area contributed by atoms with Crippen LogP contribution in [0.3, 0.4) is 0 Å². The van der Waals surface area contributed by atoms with Gasteiger partial charge >= 0.3 is 0 Å². The number of hydrogen-bond acceptors (Lipinski definition) is 4. The molecule has 6 heteroatoms. The summed E-state index contributed by atoms with van der Waals surface area (Å²) in [4.78, 5) is 26.3. The number of pyridine rings is 1. The van der Waals surface area contributed by atoms with Crippen molar-refractivity contribution in [2.45, 2.75) is 13.8 Å². The third kappa shape index (κ3) is 4.10. The maximum atomic E-state index is 11.7. The van der Waals surface area contributed by atoms with Gasteiger partial charge in [0.2, 0.25) is 5.91 Å². The number of nitrogens with zero attached hydrogens (tertiary/aromatic N) is 1. The molecule has 0 spiro atoms. The molecule has 0 bridgehead atoms. The average molecular weight is 236 g/mol. The van der Waals surface area contributed by atoms with Crippen molar-refractivity contribution < 1.29 is 9.59 Å². The molecule has 17 heavy (non-hydrogen) atoms. The number of nitrogens with one attached hydrogen (secondary N) is 2. The van der Waals surface area contributed by atoms with Gasteiger partial charge in [-0.3, -0.25) is 14.6 Å². The number of anilines is 1. The fraction of sp³-hybridized carbons (Fsp3) is 0.364. The first-order valence-electron chi connectivity index (χ1n) is 5.25. The minimum Gasteiger partial charge on any atom is -0.398 e. The number of amides is 2. The van der Waals surface area contributed by atoms with E-state index in [1.54, 1.807) is 13.0 Å². The van der Waals surface area contributed by atoms with Crippen molar-refractivity contribution in [2.75, 3.05) is 18.8 Å². The molecule has 1 heterocycles. The molecule has 2 amide bonds. The van der Waals surface area contributed by atoms with Gasteiger partial charge in [0.25, 0.3) is 5.91 Å². The van der Waals surface area contributed by atoms with Crippen molar-refractivity contribution in [3.8, 4) is 0 Å². The monoisotopic (exact) mass is 236 g/mol. The van der Waals surface area contributed by atoms with Crippen LogP contribution < -0.4 is 16.4 Å². The van der Waals surface area contributed by atoms with E-state index in [1.165, 1.54) is 13.1 Å². The summed E-state index contributed by atoms with van der Waals surface area (Å²) in [5.41, 5.74) is 7.21. The Morgan fingerprint density at radius 2 is 2.00 bits per heavy atom. The molecule has 0 radical (unpaired) electrons. The summed E-state index contributed by atoms with van der Waals surface area (Å²) in [7, 11) is 0. The van der Waals surface area contributed by atoms with Gasteiger partial charge in [-0.2, -0.15) is 0 Å². The van der Waals surface area contributed by atoms with Crippen LogP contribution in [0.2, 0.25) is 0 Å². The molecule has 0 aliphatic rings. The Kier molecular flexibility index (Phi) is 4.45. The molecule has 6 nitrogen and oxygen atoms in total. The van der Waals surface area contributed by atoms with Crippen LogP contribution in [-0.2, 0) is 4.79 Å². The lowest BCUT2D eigenvalue weighted by Crippen LogP contribution is -2.34. The van der Waals surface area contributed by atoms with E-state index in [9.17, 15) is 9.59 Å². The largest absolute Gasteiger partial charge is 0.398 e. The normalized spacial score (nSPS) is 9.76. The van der Waals surface area contributed by atoms with Crippen molar-refractivity contribution in [3.63, 3.8) is 0 Å². The van der Waals surface area contributed by atoms with Crippen LogP contribution in [0.1, 0.15) is 23.0 Å². The minimum atomic E-state index is -0.291. The van der Waals surface area contributed by atoms with Gasteiger partial charge in [-0.05, 0) is 13.0 Å². The molecule has 1 rings (SSSR count). The van der Waals surface area contributed by atoms with E-state index < -0.39 is 0 Å². The highest BCUT2D eigenvalue weighted by Crippen LogP contribution is 2.10. The zero-order valence-electron chi connectivity index (χ0n) is 9.91. The molecular weight excluding hydrogens is 220 g/mol. The zero-order chi connectivity index (χ0) is 12.8. The predicted molar refractivity (Wildman–Crippen MR) is 64.4 cm³/mol. The van der Waals surface area contributed by atoms with E-state index in [-0.39, 0.29) is 11.8 Å². The van der Waals surface area contributed by atoms with Crippen molar-refractivity contribution in [3.05, 3.63) is 23.5 Å². The third-order valence-electron chi connectivity index (χ3n) is 2.10. The zero-order valence-corrected chi connectivity index (χ0v) is 9.91. The minimum absolute atomic E-state index is 0.129. The van der Waals surface area contributed by atoms with Crippen LogP contribution in [0.25, 0.3) is 0 Å². The molecular formula is C11H16N4O2. The quantitative estimate of drug-likeness (QED) is 0.633. The summed E-state index contributed by atoms with van der Waals surface area (Å²) < 4.78 is 0. The van der Waals surface area contributed by atoms with Gasteiger partial charge < -0.3 is 16.4 Å². The van der Waals surface area contributed by atoms with Gasteiger partial charge in [0.1, 0.15) is 0 Å². The second kappa shape index (κ2) is 5.83. The smallest absolute Gasteiger partial charge is 0.255 e. The Bertz CT molecular complexity index is 431. The highest BCUT2D eigenvalue weighted by molar-refractivity contribution is 5.98. The van der Waals surface area contributed by atoms with Gasteiger partial charge in [-0.25, -0.2) is 0 Å². The molecule has 1 aromatic heterocycles. The van der Waals surface area contributed by atoms with E-state index >= 15 is 0 Å². The Morgan fingerprint density at radius 1 is 1.35 bits per heavy atom. The molecule has 92 valence electrons. The number of aromatic nitrogens is 1. The first-order chi connectivity index (χ1) is 8.00. The van der Waals surface area contributed by atoms with Gasteiger partial charge in [0, 0.05) is 37.6 Å². The average Bonchev–Trinajstić information content (AvgIpc) is 2.23. The lowest BCUT2D eigenvalue weighted by Gasteiger charge is -2.07. The van der Waals surface area contributed by atoms with Crippen LogP contribution in [0.5, 0.6) is 0 Å². The highest BCUT2D eigenvalue weighted by atomic mass is 16.2. The number of carbonyl (C=O) groups is 2. The van der Waals surface area contributed by atoms with E-state index in [0.717, 1.165) is 5.69 Å². The van der Waals surface area contributed by atoms with Gasteiger partial charge in [-0.1, -0.05) is 0 Å². The van der Waals surface area contributed by atoms with Crippen molar-refractivity contribution in [1.82, 2.24) is 15.6 Å². The summed E-state index contributed by atoms with van der Waals surface area (Å²) in [5.74, 6) is -0.420. The number of aryl methyl sites for hydroxylation is 1. The van der Waals surface area contributed by atoms with Gasteiger partial charge in [0.05, 0.1) is 5.56 Å². The van der Waals surface area contributed by atoms with Crippen LogP contribution in [0.15, 0.2) is 12.3 Å². The highest BCUT2D eigenvalue weighted by Gasteiger charge is 2.09. The van der Waals surface area contributed by atoms with Gasteiger partial charge in [0.15, 0.2) is 0 Å². The van der Waals surface area contributed by atoms with E-state index in [1.807, 2.05) is 0 Å². The standard InChI is InChI=1S/C11H16N4O2/c1-7-5-10(12)9(6-15-7)11(17)14-4-3-13-8(2)16/h5-6H,3-4H2,1-2H3,(H2,12,15)(H,13,16)(H,14,17). The van der Waals surface area contributed by atoms with Crippen molar-refractivity contribution >= 4 is 17.5 Å². The Labute approximate surface area is 99.6 Å². The number of carbonyl (C=O) groups excluding carboxylic acids is 2. The van der Waals surface area contributed by atoms with Crippen molar-refractivity contribution in [2.24, 2.45) is 0 Å². The molecule has 0 fully saturated rings. The molecule has 0 saturated heterocycles. The van der Waals surface area contributed by atoms with Crippen LogP contribution in [0, 0.1) is 6.92 Å². The van der Waals surface area contributed by atoms with E-state index in [4.69, 9.17) is 5.73 Å². The fourth-order valence-electron chi connectivity index (χ4n) is 1.28. The Morgan fingerprint density at radius 3 is 2.59 bits per heavy atom. The van der Waals surface area contributed by atoms with Crippen molar-refractivity contribution in [1.29, 1.82) is 0 Å². The maximum absolute atomic E-state index is 11.7. The van der Waals surface area contributed by atoms with E-state index in [2.05, 4.69) is 15.6 Å². The lowest BCUT2D eigenvalue weighted by atomic mass is 10.2. The second-order valence-electron chi connectivity index (χ2n) is 3.65. The molecule has 0 aliphatic heterocycles. The molecule has 0 aromatic carbocycles. The van der Waals surface area contributed by atoms with Gasteiger partial charge in [-0.15, -0.1) is 0 Å². The summed E-state index contributed by atoms with van der Waals surface area (Å²) >= 11 is 0. The molecule has 1 aromatic rings. The Balaban J connectivity index is 2.50. The molecule has 0 atom stereocenters. The SMILES string of the molecule is CC(=O)NCCNC(=O)c1cnc(C)cc1N. The molecule has 0 aliphatic carbocycles. The number of rotatable bonds is 4. The maximum Gasteiger partial charge on any atom is 0.255 e. The van der Waals surface area contributed by atoms with Crippen LogP contribution in [0.4, 0.5) is 5.69 Å². The fourth-order valence-corrected chi connectivity index (χ4v) is 1.28. The number of nitrogen functional groups attached to an aromatic ring is 1. The third-order valence-corrected chi connectivity index (χ3v) is 2.10. The summed E-state index contributed by atoms with van der Waals surface area (Å²) in [5, 5.41) is 5.22. The van der Waals surface area contributed by atoms with Crippen LogP contribution >= 0.6 is 0 Å². The van der Waals surface area contributed by atoms with Crippen LogP contribution in [-0.4, -0.2) is 29.9 Å². The lowest BCUT2D eigenvalue weighted by molar-refractivity contribution is -0.118. The second-order valence-corrected chi connectivity index (χ2v) is 3.65. The molecule has 0 unspecified atom stereocenters. The number of nitrogens with two attached hydrogens (primary N) is 1. The Hall–Kier alpha value is -2.11. The summed E-state index contributed by atoms with van der Waals surface area (Å²) in [6.45, 7) is 3.96. The molecule has 4 N–H and O–H groups in total. The summed E-state index contributed by atoms with van der Waals surface area (Å²) in [6, 6.07) is 1.64. The topological polar surface area (TPSA) is 97.1 Å². The molecule has 0 saturated carbocycles. The predicted octanol–water partition coefficient (Wildman–Crippen LogP) is -0.162. The number of hydrogen-bond donors (Lipinski definition) is 3.